The molecule has 0 saturated carbocycles. The third-order valence-corrected chi connectivity index (χ3v) is 6.77. The Bertz CT molecular complexity index is 769. The summed E-state index contributed by atoms with van der Waals surface area (Å²) in [5, 5.41) is 11.6. The molecule has 140 valence electrons. The summed E-state index contributed by atoms with van der Waals surface area (Å²) in [6.45, 7) is 8.56. The standard InChI is InChI=1S/C22H30N2O2/c1-5-16-12-24-10-9-22(25)20-14(2)7-6-8-18(20)23-21(22)19(24)11-17(16)15(3)13-26-4/h6-8,13,16-17,19,25H,5,9-12H2,1-4H3/b15-13-/t16-,17-,19+,22+/m1/s1. The number of hydrogen-bond acceptors (Lipinski definition) is 4. The van der Waals surface area contributed by atoms with Crippen molar-refractivity contribution in [1.82, 2.24) is 4.90 Å². The van der Waals surface area contributed by atoms with Gasteiger partial charge in [-0.05, 0) is 55.7 Å². The molecule has 3 aliphatic heterocycles. The fraction of sp³-hybridized carbons (Fsp3) is 0.591. The van der Waals surface area contributed by atoms with Crippen molar-refractivity contribution in [3.05, 3.63) is 41.2 Å². The molecule has 26 heavy (non-hydrogen) atoms. The molecule has 0 amide bonds. The molecule has 0 radical (unpaired) electrons. The maximum absolute atomic E-state index is 11.6. The predicted octanol–water partition coefficient (Wildman–Crippen LogP) is 3.94. The van der Waals surface area contributed by atoms with Crippen molar-refractivity contribution in [2.24, 2.45) is 16.8 Å². The van der Waals surface area contributed by atoms with Crippen LogP contribution in [0.1, 0.15) is 44.2 Å². The quantitative estimate of drug-likeness (QED) is 0.836. The Morgan fingerprint density at radius 2 is 2.27 bits per heavy atom. The molecule has 1 aromatic rings. The molecule has 3 aliphatic rings. The van der Waals surface area contributed by atoms with Crippen LogP contribution in [0.2, 0.25) is 0 Å². The van der Waals surface area contributed by atoms with Gasteiger partial charge in [0.2, 0.25) is 0 Å². The Morgan fingerprint density at radius 3 is 3.00 bits per heavy atom. The molecule has 0 bridgehead atoms. The molecule has 4 heteroatoms. The normalized spacial score (nSPS) is 34.0. The molecule has 1 aromatic carbocycles. The summed E-state index contributed by atoms with van der Waals surface area (Å²) >= 11 is 0. The highest BCUT2D eigenvalue weighted by atomic mass is 16.5. The summed E-state index contributed by atoms with van der Waals surface area (Å²) < 4.78 is 5.30. The van der Waals surface area contributed by atoms with Gasteiger partial charge in [0.1, 0.15) is 5.60 Å². The third-order valence-electron chi connectivity index (χ3n) is 6.77. The lowest BCUT2D eigenvalue weighted by Gasteiger charge is -2.50. The minimum Gasteiger partial charge on any atom is -0.504 e. The fourth-order valence-corrected chi connectivity index (χ4v) is 5.46. The number of fused-ring (bicyclic) bond motifs is 5. The Balaban J connectivity index is 1.71. The Labute approximate surface area is 156 Å². The molecular weight excluding hydrogens is 324 g/mol. The van der Waals surface area contributed by atoms with E-state index >= 15 is 0 Å². The van der Waals surface area contributed by atoms with Crippen LogP contribution < -0.4 is 0 Å². The van der Waals surface area contributed by atoms with E-state index < -0.39 is 5.60 Å². The van der Waals surface area contributed by atoms with Gasteiger partial charge < -0.3 is 9.84 Å². The van der Waals surface area contributed by atoms with Gasteiger partial charge in [0.25, 0.3) is 0 Å². The number of piperidine rings is 2. The van der Waals surface area contributed by atoms with Crippen molar-refractivity contribution in [2.45, 2.75) is 51.7 Å². The lowest BCUT2D eigenvalue weighted by Crippen LogP contribution is -2.60. The topological polar surface area (TPSA) is 45.1 Å². The number of aliphatic imine (C=N–C) groups is 1. The smallest absolute Gasteiger partial charge is 0.133 e. The first-order valence-electron chi connectivity index (χ1n) is 9.84. The van der Waals surface area contributed by atoms with Crippen LogP contribution in [-0.4, -0.2) is 42.0 Å². The number of nitrogens with zero attached hydrogens (tertiary/aromatic N) is 2. The number of rotatable bonds is 3. The van der Waals surface area contributed by atoms with E-state index in [0.29, 0.717) is 11.8 Å². The molecule has 4 rings (SSSR count). The molecule has 3 heterocycles. The highest BCUT2D eigenvalue weighted by Crippen LogP contribution is 2.49. The average molecular weight is 354 g/mol. The second-order valence-electron chi connectivity index (χ2n) is 8.20. The van der Waals surface area contributed by atoms with Crippen LogP contribution in [-0.2, 0) is 10.3 Å². The van der Waals surface area contributed by atoms with Gasteiger partial charge in [0, 0.05) is 18.7 Å². The summed E-state index contributed by atoms with van der Waals surface area (Å²) in [4.78, 5) is 7.51. The third kappa shape index (κ3) is 2.54. The monoisotopic (exact) mass is 354 g/mol. The van der Waals surface area contributed by atoms with E-state index in [1.807, 2.05) is 18.4 Å². The molecule has 4 nitrogen and oxygen atoms in total. The lowest BCUT2D eigenvalue weighted by molar-refractivity contribution is 0.0184. The molecule has 2 fully saturated rings. The van der Waals surface area contributed by atoms with E-state index in [1.165, 1.54) is 12.0 Å². The first-order chi connectivity index (χ1) is 12.5. The number of benzene rings is 1. The van der Waals surface area contributed by atoms with Crippen molar-refractivity contribution >= 4 is 11.4 Å². The summed E-state index contributed by atoms with van der Waals surface area (Å²) in [5.74, 6) is 1.12. The number of methoxy groups -OCH3 is 1. The van der Waals surface area contributed by atoms with Gasteiger partial charge in [-0.1, -0.05) is 25.5 Å². The van der Waals surface area contributed by atoms with Crippen LogP contribution >= 0.6 is 0 Å². The summed E-state index contributed by atoms with van der Waals surface area (Å²) in [6, 6.07) is 6.39. The molecule has 4 atom stereocenters. The summed E-state index contributed by atoms with van der Waals surface area (Å²) in [5.41, 5.74) is 4.53. The Hall–Kier alpha value is -1.65. The minimum atomic E-state index is -0.885. The van der Waals surface area contributed by atoms with Crippen LogP contribution in [0.25, 0.3) is 0 Å². The van der Waals surface area contributed by atoms with Gasteiger partial charge >= 0.3 is 0 Å². The van der Waals surface area contributed by atoms with Gasteiger partial charge in [-0.2, -0.15) is 0 Å². The maximum Gasteiger partial charge on any atom is 0.133 e. The molecule has 1 N–H and O–H groups in total. The van der Waals surface area contributed by atoms with Crippen LogP contribution in [0.3, 0.4) is 0 Å². The number of aliphatic hydroxyl groups is 1. The number of allylic oxidation sites excluding steroid dienone is 1. The second-order valence-corrected chi connectivity index (χ2v) is 8.20. The van der Waals surface area contributed by atoms with Gasteiger partial charge in [-0.3, -0.25) is 9.89 Å². The molecule has 0 unspecified atom stereocenters. The molecule has 0 aliphatic carbocycles. The Kier molecular flexibility index (Phi) is 4.44. The lowest BCUT2D eigenvalue weighted by atomic mass is 9.70. The highest BCUT2D eigenvalue weighted by Gasteiger charge is 2.52. The van der Waals surface area contributed by atoms with E-state index in [-0.39, 0.29) is 6.04 Å². The SMILES string of the molecule is CC[C@@H]1CN2CC[C@@]3(O)C(=Nc4cccc(C)c43)[C@@H]2C[C@@H]1/C(C)=C\OC. The zero-order valence-corrected chi connectivity index (χ0v) is 16.3. The summed E-state index contributed by atoms with van der Waals surface area (Å²) in [7, 11) is 1.72. The van der Waals surface area contributed by atoms with E-state index in [2.05, 4.69) is 31.7 Å². The molecular formula is C22H30N2O2. The van der Waals surface area contributed by atoms with Gasteiger partial charge in [0.15, 0.2) is 0 Å². The zero-order chi connectivity index (χ0) is 18.5. The fourth-order valence-electron chi connectivity index (χ4n) is 5.46. The van der Waals surface area contributed by atoms with Gasteiger partial charge in [0.05, 0.1) is 30.8 Å². The van der Waals surface area contributed by atoms with E-state index in [9.17, 15) is 5.11 Å². The molecule has 2 saturated heterocycles. The number of aryl methyl sites for hydroxylation is 1. The number of hydrogen-bond donors (Lipinski definition) is 1. The van der Waals surface area contributed by atoms with Crippen LogP contribution in [0.15, 0.2) is 35.0 Å². The van der Waals surface area contributed by atoms with E-state index in [1.54, 1.807) is 7.11 Å². The second kappa shape index (κ2) is 6.50. The van der Waals surface area contributed by atoms with Crippen molar-refractivity contribution in [3.63, 3.8) is 0 Å². The van der Waals surface area contributed by atoms with Gasteiger partial charge in [-0.25, -0.2) is 0 Å². The van der Waals surface area contributed by atoms with Crippen LogP contribution in [0, 0.1) is 18.8 Å². The van der Waals surface area contributed by atoms with Crippen molar-refractivity contribution in [2.75, 3.05) is 20.2 Å². The van der Waals surface area contributed by atoms with Crippen molar-refractivity contribution < 1.29 is 9.84 Å². The molecule has 0 spiro atoms. The first kappa shape index (κ1) is 17.7. The highest BCUT2D eigenvalue weighted by molar-refractivity contribution is 6.04. The average Bonchev–Trinajstić information content (AvgIpc) is 2.95. The van der Waals surface area contributed by atoms with E-state index in [4.69, 9.17) is 9.73 Å². The first-order valence-corrected chi connectivity index (χ1v) is 9.84. The molecule has 0 aromatic heterocycles. The predicted molar refractivity (Wildman–Crippen MR) is 105 cm³/mol. The van der Waals surface area contributed by atoms with E-state index in [0.717, 1.165) is 48.5 Å². The summed E-state index contributed by atoms with van der Waals surface area (Å²) in [6.07, 6.45) is 4.82. The number of ether oxygens (including phenoxy) is 1. The maximum atomic E-state index is 11.6. The largest absolute Gasteiger partial charge is 0.504 e. The van der Waals surface area contributed by atoms with Crippen molar-refractivity contribution in [3.8, 4) is 0 Å². The van der Waals surface area contributed by atoms with Crippen LogP contribution in [0.5, 0.6) is 0 Å². The van der Waals surface area contributed by atoms with Crippen LogP contribution in [0.4, 0.5) is 5.69 Å². The van der Waals surface area contributed by atoms with Crippen molar-refractivity contribution in [1.29, 1.82) is 0 Å². The Morgan fingerprint density at radius 1 is 1.46 bits per heavy atom. The van der Waals surface area contributed by atoms with Gasteiger partial charge in [-0.15, -0.1) is 0 Å². The zero-order valence-electron chi connectivity index (χ0n) is 16.3. The minimum absolute atomic E-state index is 0.216.